The first-order chi connectivity index (χ1) is 6.88. The average Bonchev–Trinajstić information content (AvgIpc) is 2.44. The van der Waals surface area contributed by atoms with Gasteiger partial charge in [-0.2, -0.15) is 0 Å². The first kappa shape index (κ1) is 11.6. The maximum Gasteiger partial charge on any atom is 0.315 e. The summed E-state index contributed by atoms with van der Waals surface area (Å²) in [7, 11) is 0. The van der Waals surface area contributed by atoms with E-state index in [1.807, 2.05) is 27.7 Å². The second-order valence-electron chi connectivity index (χ2n) is 4.46. The molecule has 2 amide bonds. The van der Waals surface area contributed by atoms with Crippen molar-refractivity contribution in [2.45, 2.75) is 39.8 Å². The van der Waals surface area contributed by atoms with Crippen molar-refractivity contribution in [1.29, 1.82) is 0 Å². The molecule has 0 spiro atoms. The van der Waals surface area contributed by atoms with Crippen LogP contribution in [-0.4, -0.2) is 16.7 Å². The fraction of sp³-hybridized carbons (Fsp3) is 0.600. The van der Waals surface area contributed by atoms with Crippen LogP contribution in [0.2, 0.25) is 0 Å². The molecule has 0 fully saturated rings. The zero-order valence-corrected chi connectivity index (χ0v) is 9.55. The second kappa shape index (κ2) is 4.33. The van der Waals surface area contributed by atoms with Gasteiger partial charge in [0.15, 0.2) is 0 Å². The van der Waals surface area contributed by atoms with Crippen molar-refractivity contribution < 1.29 is 9.32 Å². The molecular weight excluding hydrogens is 194 g/mol. The van der Waals surface area contributed by atoms with Crippen LogP contribution in [-0.2, 0) is 6.54 Å². The topological polar surface area (TPSA) is 67.2 Å². The number of hydrogen-bond acceptors (Lipinski definition) is 3. The number of carbonyl (C=O) groups excluding carboxylic acids is 1. The Morgan fingerprint density at radius 1 is 1.53 bits per heavy atom. The molecular formula is C10H17N3O2. The van der Waals surface area contributed by atoms with E-state index in [1.54, 1.807) is 6.20 Å². The first-order valence-electron chi connectivity index (χ1n) is 4.84. The molecule has 0 unspecified atom stereocenters. The molecule has 0 aliphatic carbocycles. The summed E-state index contributed by atoms with van der Waals surface area (Å²) in [5.41, 5.74) is 0.660. The summed E-state index contributed by atoms with van der Waals surface area (Å²) in [6, 6.07) is -0.192. The van der Waals surface area contributed by atoms with Gasteiger partial charge in [0.05, 0.1) is 6.20 Å². The molecule has 0 saturated carbocycles. The summed E-state index contributed by atoms with van der Waals surface area (Å²) in [5.74, 6) is 0.728. The lowest BCUT2D eigenvalue weighted by atomic mass is 10.1. The van der Waals surface area contributed by atoms with Crippen molar-refractivity contribution in [3.05, 3.63) is 17.5 Å². The molecule has 0 aliphatic heterocycles. The normalized spacial score (nSPS) is 11.2. The quantitative estimate of drug-likeness (QED) is 0.780. The number of nitrogens with one attached hydrogen (secondary N) is 2. The fourth-order valence-corrected chi connectivity index (χ4v) is 1.05. The molecule has 1 heterocycles. The number of urea groups is 1. The largest absolute Gasteiger partial charge is 0.361 e. The molecule has 0 atom stereocenters. The minimum atomic E-state index is -0.228. The van der Waals surface area contributed by atoms with Crippen molar-refractivity contribution in [3.63, 3.8) is 0 Å². The molecule has 15 heavy (non-hydrogen) atoms. The summed E-state index contributed by atoms with van der Waals surface area (Å²) in [6.45, 7) is 8.02. The lowest BCUT2D eigenvalue weighted by Gasteiger charge is -2.20. The minimum absolute atomic E-state index is 0.192. The molecule has 0 radical (unpaired) electrons. The monoisotopic (exact) mass is 211 g/mol. The average molecular weight is 211 g/mol. The highest BCUT2D eigenvalue weighted by Gasteiger charge is 2.13. The van der Waals surface area contributed by atoms with Gasteiger partial charge in [0.2, 0.25) is 0 Å². The predicted molar refractivity (Wildman–Crippen MR) is 56.4 cm³/mol. The van der Waals surface area contributed by atoms with Crippen molar-refractivity contribution in [3.8, 4) is 0 Å². The van der Waals surface area contributed by atoms with Crippen LogP contribution >= 0.6 is 0 Å². The van der Waals surface area contributed by atoms with Gasteiger partial charge in [0, 0.05) is 17.6 Å². The van der Waals surface area contributed by atoms with Crippen LogP contribution in [0.15, 0.2) is 10.7 Å². The standard InChI is InChI=1S/C10H17N3O2/c1-7-8(6-12-15-7)5-11-9(14)13-10(2,3)4/h6H,5H2,1-4H3,(H2,11,13,14). The number of aromatic nitrogens is 1. The SMILES string of the molecule is Cc1oncc1CNC(=O)NC(C)(C)C. The number of hydrogen-bond donors (Lipinski definition) is 2. The Hall–Kier alpha value is -1.52. The maximum atomic E-state index is 11.4. The molecule has 84 valence electrons. The molecule has 0 bridgehead atoms. The van der Waals surface area contributed by atoms with E-state index in [2.05, 4.69) is 15.8 Å². The highest BCUT2D eigenvalue weighted by atomic mass is 16.5. The highest BCUT2D eigenvalue weighted by molar-refractivity contribution is 5.74. The first-order valence-corrected chi connectivity index (χ1v) is 4.84. The van der Waals surface area contributed by atoms with Crippen LogP contribution in [0.25, 0.3) is 0 Å². The van der Waals surface area contributed by atoms with Gasteiger partial charge in [-0.15, -0.1) is 0 Å². The van der Waals surface area contributed by atoms with Crippen LogP contribution < -0.4 is 10.6 Å². The third-order valence-electron chi connectivity index (χ3n) is 1.78. The number of aryl methyl sites for hydroxylation is 1. The predicted octanol–water partition coefficient (Wildman–Crippen LogP) is 1.58. The Balaban J connectivity index is 2.38. The van der Waals surface area contributed by atoms with Crippen LogP contribution in [0.5, 0.6) is 0 Å². The van der Waals surface area contributed by atoms with Crippen LogP contribution in [0.1, 0.15) is 32.1 Å². The lowest BCUT2D eigenvalue weighted by Crippen LogP contribution is -2.46. The Morgan fingerprint density at radius 2 is 2.20 bits per heavy atom. The lowest BCUT2D eigenvalue weighted by molar-refractivity contribution is 0.231. The van der Waals surface area contributed by atoms with Crippen molar-refractivity contribution >= 4 is 6.03 Å². The van der Waals surface area contributed by atoms with E-state index in [0.29, 0.717) is 6.54 Å². The van der Waals surface area contributed by atoms with E-state index in [0.717, 1.165) is 11.3 Å². The van der Waals surface area contributed by atoms with Crippen LogP contribution in [0.3, 0.4) is 0 Å². The molecule has 1 aromatic heterocycles. The van der Waals surface area contributed by atoms with Crippen LogP contribution in [0.4, 0.5) is 4.79 Å². The molecule has 1 aromatic rings. The summed E-state index contributed by atoms with van der Waals surface area (Å²) in [5, 5.41) is 9.16. The molecule has 2 N–H and O–H groups in total. The Labute approximate surface area is 89.2 Å². The Morgan fingerprint density at radius 3 is 2.67 bits per heavy atom. The number of nitrogens with zero attached hydrogens (tertiary/aromatic N) is 1. The van der Waals surface area contributed by atoms with Crippen molar-refractivity contribution in [2.24, 2.45) is 0 Å². The molecule has 5 nitrogen and oxygen atoms in total. The van der Waals surface area contributed by atoms with Crippen molar-refractivity contribution in [2.75, 3.05) is 0 Å². The molecule has 0 aliphatic rings. The number of carbonyl (C=O) groups is 1. The van der Waals surface area contributed by atoms with Gasteiger partial charge in [0.25, 0.3) is 0 Å². The molecule has 0 aromatic carbocycles. The number of amides is 2. The summed E-state index contributed by atoms with van der Waals surface area (Å²) in [4.78, 5) is 11.4. The van der Waals surface area contributed by atoms with E-state index in [-0.39, 0.29) is 11.6 Å². The molecule has 5 heteroatoms. The van der Waals surface area contributed by atoms with Gasteiger partial charge in [0.1, 0.15) is 5.76 Å². The van der Waals surface area contributed by atoms with Crippen molar-refractivity contribution in [1.82, 2.24) is 15.8 Å². The summed E-state index contributed by atoms with van der Waals surface area (Å²) >= 11 is 0. The van der Waals surface area contributed by atoms with E-state index >= 15 is 0 Å². The summed E-state index contributed by atoms with van der Waals surface area (Å²) in [6.07, 6.45) is 1.60. The summed E-state index contributed by atoms with van der Waals surface area (Å²) < 4.78 is 4.88. The molecule has 1 rings (SSSR count). The number of rotatable bonds is 2. The van der Waals surface area contributed by atoms with E-state index in [4.69, 9.17) is 4.52 Å². The minimum Gasteiger partial charge on any atom is -0.361 e. The smallest absolute Gasteiger partial charge is 0.315 e. The third kappa shape index (κ3) is 4.01. The highest BCUT2D eigenvalue weighted by Crippen LogP contribution is 2.05. The van der Waals surface area contributed by atoms with Gasteiger partial charge in [-0.3, -0.25) is 0 Å². The molecule has 0 saturated heterocycles. The van der Waals surface area contributed by atoms with Gasteiger partial charge in [-0.1, -0.05) is 5.16 Å². The second-order valence-corrected chi connectivity index (χ2v) is 4.46. The zero-order valence-electron chi connectivity index (χ0n) is 9.55. The fourth-order valence-electron chi connectivity index (χ4n) is 1.05. The van der Waals surface area contributed by atoms with E-state index < -0.39 is 0 Å². The van der Waals surface area contributed by atoms with E-state index in [9.17, 15) is 4.79 Å². The van der Waals surface area contributed by atoms with Gasteiger partial charge in [-0.25, -0.2) is 4.79 Å². The van der Waals surface area contributed by atoms with Gasteiger partial charge >= 0.3 is 6.03 Å². The third-order valence-corrected chi connectivity index (χ3v) is 1.78. The maximum absolute atomic E-state index is 11.4. The van der Waals surface area contributed by atoms with Crippen LogP contribution in [0, 0.1) is 6.92 Å². The zero-order chi connectivity index (χ0) is 11.5. The van der Waals surface area contributed by atoms with E-state index in [1.165, 1.54) is 0 Å². The van der Waals surface area contributed by atoms with Gasteiger partial charge in [-0.05, 0) is 27.7 Å². The Bertz CT molecular complexity index is 339. The van der Waals surface area contributed by atoms with Gasteiger partial charge < -0.3 is 15.2 Å². The Kier molecular flexibility index (Phi) is 3.34.